The topological polar surface area (TPSA) is 68.0 Å². The van der Waals surface area contributed by atoms with Crippen LogP contribution in [-0.2, 0) is 11.2 Å². The van der Waals surface area contributed by atoms with Gasteiger partial charge in [-0.05, 0) is 24.3 Å². The lowest BCUT2D eigenvalue weighted by atomic mass is 9.96. The van der Waals surface area contributed by atoms with Crippen LogP contribution in [0.4, 0.5) is 0 Å². The van der Waals surface area contributed by atoms with Gasteiger partial charge in [0.05, 0.1) is 0 Å². The molecule has 1 aromatic carbocycles. The Kier molecular flexibility index (Phi) is 7.02. The fourth-order valence-electron chi connectivity index (χ4n) is 3.61. The maximum atomic E-state index is 12.3. The normalized spacial score (nSPS) is 16.1. The smallest absolute Gasteiger partial charge is 0.227 e. The van der Waals surface area contributed by atoms with Gasteiger partial charge in [0.1, 0.15) is 0 Å². The fraction of sp³-hybridized carbons (Fsp3) is 0.591. The first-order chi connectivity index (χ1) is 13.1. The van der Waals surface area contributed by atoms with Crippen LogP contribution in [0.1, 0.15) is 82.6 Å². The summed E-state index contributed by atoms with van der Waals surface area (Å²) in [4.78, 5) is 16.7. The molecule has 0 saturated heterocycles. The molecule has 3 rings (SSSR count). The van der Waals surface area contributed by atoms with Crippen LogP contribution in [0, 0.1) is 0 Å². The number of carbonyl (C=O) groups is 1. The van der Waals surface area contributed by atoms with E-state index in [1.54, 1.807) is 0 Å². The predicted molar refractivity (Wildman–Crippen MR) is 106 cm³/mol. The molecule has 2 aromatic rings. The zero-order chi connectivity index (χ0) is 19.1. The van der Waals surface area contributed by atoms with E-state index < -0.39 is 0 Å². The lowest BCUT2D eigenvalue weighted by Gasteiger charge is -2.20. The molecule has 1 fully saturated rings. The maximum Gasteiger partial charge on any atom is 0.227 e. The van der Waals surface area contributed by atoms with E-state index in [0.717, 1.165) is 18.4 Å². The Morgan fingerprint density at radius 3 is 2.44 bits per heavy atom. The van der Waals surface area contributed by atoms with Crippen molar-refractivity contribution in [3.05, 3.63) is 35.7 Å². The third-order valence-corrected chi connectivity index (χ3v) is 5.34. The lowest BCUT2D eigenvalue weighted by molar-refractivity contribution is -0.122. The SMILES string of the molecule is CC(C)c1ccc(-c2noc(CCC(=O)NC3CCCCCCC3)n2)cc1. The van der Waals surface area contributed by atoms with E-state index in [-0.39, 0.29) is 5.91 Å². The molecule has 1 saturated carbocycles. The number of hydrogen-bond donors (Lipinski definition) is 1. The molecule has 5 nitrogen and oxygen atoms in total. The summed E-state index contributed by atoms with van der Waals surface area (Å²) in [5.41, 5.74) is 2.22. The van der Waals surface area contributed by atoms with Gasteiger partial charge >= 0.3 is 0 Å². The number of amides is 1. The van der Waals surface area contributed by atoms with Crippen LogP contribution >= 0.6 is 0 Å². The quantitative estimate of drug-likeness (QED) is 0.776. The van der Waals surface area contributed by atoms with Crippen LogP contribution in [0.5, 0.6) is 0 Å². The zero-order valence-electron chi connectivity index (χ0n) is 16.5. The van der Waals surface area contributed by atoms with Crippen molar-refractivity contribution in [3.8, 4) is 11.4 Å². The minimum atomic E-state index is 0.0848. The van der Waals surface area contributed by atoms with Crippen molar-refractivity contribution in [2.75, 3.05) is 0 Å². The summed E-state index contributed by atoms with van der Waals surface area (Å²) in [5.74, 6) is 1.68. The standard InChI is InChI=1S/C22H31N3O2/c1-16(2)17-10-12-18(13-11-17)22-24-21(27-25-22)15-14-20(26)23-19-8-6-4-3-5-7-9-19/h10-13,16,19H,3-9,14-15H2,1-2H3,(H,23,26). The van der Waals surface area contributed by atoms with Crippen molar-refractivity contribution in [3.63, 3.8) is 0 Å². The molecular weight excluding hydrogens is 338 g/mol. The molecule has 146 valence electrons. The van der Waals surface area contributed by atoms with Crippen LogP contribution in [0.15, 0.2) is 28.8 Å². The van der Waals surface area contributed by atoms with Crippen molar-refractivity contribution in [1.29, 1.82) is 0 Å². The molecule has 27 heavy (non-hydrogen) atoms. The van der Waals surface area contributed by atoms with Crippen molar-refractivity contribution in [1.82, 2.24) is 15.5 Å². The average molecular weight is 370 g/mol. The van der Waals surface area contributed by atoms with E-state index in [9.17, 15) is 4.79 Å². The molecule has 0 atom stereocenters. The highest BCUT2D eigenvalue weighted by molar-refractivity contribution is 5.76. The fourth-order valence-corrected chi connectivity index (χ4v) is 3.61. The van der Waals surface area contributed by atoms with Crippen molar-refractivity contribution < 1.29 is 9.32 Å². The molecular formula is C22H31N3O2. The van der Waals surface area contributed by atoms with Crippen LogP contribution < -0.4 is 5.32 Å². The van der Waals surface area contributed by atoms with Crippen LogP contribution in [-0.4, -0.2) is 22.1 Å². The summed E-state index contributed by atoms with van der Waals surface area (Å²) in [6.07, 6.45) is 9.41. The zero-order valence-corrected chi connectivity index (χ0v) is 16.5. The van der Waals surface area contributed by atoms with Crippen molar-refractivity contribution in [2.45, 2.75) is 83.6 Å². The highest BCUT2D eigenvalue weighted by Gasteiger charge is 2.15. The van der Waals surface area contributed by atoms with E-state index in [2.05, 4.69) is 41.4 Å². The van der Waals surface area contributed by atoms with Gasteiger partial charge in [0, 0.05) is 24.4 Å². The Morgan fingerprint density at radius 2 is 1.78 bits per heavy atom. The number of carbonyl (C=O) groups excluding carboxylic acids is 1. The molecule has 0 unspecified atom stereocenters. The maximum absolute atomic E-state index is 12.3. The van der Waals surface area contributed by atoms with Gasteiger partial charge in [-0.25, -0.2) is 0 Å². The van der Waals surface area contributed by atoms with Crippen molar-refractivity contribution >= 4 is 5.91 Å². The Hall–Kier alpha value is -2.17. The Morgan fingerprint density at radius 1 is 1.11 bits per heavy atom. The molecule has 1 heterocycles. The van der Waals surface area contributed by atoms with Gasteiger partial charge in [0.15, 0.2) is 0 Å². The third-order valence-electron chi connectivity index (χ3n) is 5.34. The Balaban J connectivity index is 1.49. The first kappa shape index (κ1) is 19.6. The second-order valence-corrected chi connectivity index (χ2v) is 7.90. The Bertz CT molecular complexity index is 713. The Labute approximate surface area is 161 Å². The highest BCUT2D eigenvalue weighted by atomic mass is 16.5. The second kappa shape index (κ2) is 9.67. The van der Waals surface area contributed by atoms with Gasteiger partial charge < -0.3 is 9.84 Å². The number of nitrogens with zero attached hydrogens (tertiary/aromatic N) is 2. The highest BCUT2D eigenvalue weighted by Crippen LogP contribution is 2.21. The van der Waals surface area contributed by atoms with Gasteiger partial charge in [0.2, 0.25) is 17.6 Å². The molecule has 1 amide bonds. The number of benzene rings is 1. The van der Waals surface area contributed by atoms with Gasteiger partial charge in [-0.3, -0.25) is 4.79 Å². The molecule has 0 radical (unpaired) electrons. The lowest BCUT2D eigenvalue weighted by Crippen LogP contribution is -2.35. The van der Waals surface area contributed by atoms with Crippen molar-refractivity contribution in [2.24, 2.45) is 0 Å². The number of aryl methyl sites for hydroxylation is 1. The molecule has 0 aliphatic heterocycles. The molecule has 5 heteroatoms. The minimum absolute atomic E-state index is 0.0848. The van der Waals surface area contributed by atoms with Crippen LogP contribution in [0.25, 0.3) is 11.4 Å². The molecule has 1 aromatic heterocycles. The summed E-state index contributed by atoms with van der Waals surface area (Å²) in [7, 11) is 0. The third kappa shape index (κ3) is 5.91. The number of rotatable bonds is 6. The largest absolute Gasteiger partial charge is 0.353 e. The summed E-state index contributed by atoms with van der Waals surface area (Å²) in [6.45, 7) is 4.34. The average Bonchev–Trinajstić information content (AvgIpc) is 3.11. The van der Waals surface area contributed by atoms with E-state index >= 15 is 0 Å². The van der Waals surface area contributed by atoms with Gasteiger partial charge in [-0.2, -0.15) is 4.98 Å². The minimum Gasteiger partial charge on any atom is -0.353 e. The van der Waals surface area contributed by atoms with Gasteiger partial charge in [0.25, 0.3) is 0 Å². The molecule has 1 N–H and O–H groups in total. The van der Waals surface area contributed by atoms with E-state index in [1.165, 1.54) is 37.7 Å². The van der Waals surface area contributed by atoms with Gasteiger partial charge in [-0.1, -0.05) is 75.4 Å². The summed E-state index contributed by atoms with van der Waals surface area (Å²) >= 11 is 0. The molecule has 0 bridgehead atoms. The molecule has 0 spiro atoms. The second-order valence-electron chi connectivity index (χ2n) is 7.90. The van der Waals surface area contributed by atoms with E-state index in [0.29, 0.717) is 36.5 Å². The molecule has 1 aliphatic carbocycles. The first-order valence-electron chi connectivity index (χ1n) is 10.3. The van der Waals surface area contributed by atoms with E-state index in [4.69, 9.17) is 4.52 Å². The summed E-state index contributed by atoms with van der Waals surface area (Å²) in [5, 5.41) is 7.24. The van der Waals surface area contributed by atoms with E-state index in [1.807, 2.05) is 12.1 Å². The molecule has 1 aliphatic rings. The number of hydrogen-bond acceptors (Lipinski definition) is 4. The van der Waals surface area contributed by atoms with Gasteiger partial charge in [-0.15, -0.1) is 0 Å². The number of nitrogens with one attached hydrogen (secondary N) is 1. The summed E-state index contributed by atoms with van der Waals surface area (Å²) < 4.78 is 5.33. The summed E-state index contributed by atoms with van der Waals surface area (Å²) in [6, 6.07) is 8.56. The van der Waals surface area contributed by atoms with Crippen LogP contribution in [0.3, 0.4) is 0 Å². The first-order valence-corrected chi connectivity index (χ1v) is 10.3. The van der Waals surface area contributed by atoms with Crippen LogP contribution in [0.2, 0.25) is 0 Å². The monoisotopic (exact) mass is 369 g/mol. The predicted octanol–water partition coefficient (Wildman–Crippen LogP) is 5.02. The number of aromatic nitrogens is 2.